The molecule has 1 unspecified atom stereocenters. The monoisotopic (exact) mass is 288 g/mol. The van der Waals surface area contributed by atoms with E-state index >= 15 is 0 Å². The van der Waals surface area contributed by atoms with Crippen molar-refractivity contribution < 1.29 is 14.7 Å². The molecule has 3 rings (SSSR count). The van der Waals surface area contributed by atoms with Gasteiger partial charge in [0.25, 0.3) is 0 Å². The Morgan fingerprint density at radius 2 is 1.95 bits per heavy atom. The summed E-state index contributed by atoms with van der Waals surface area (Å²) in [6, 6.07) is 7.34. The van der Waals surface area contributed by atoms with Crippen LogP contribution in [-0.2, 0) is 9.59 Å². The van der Waals surface area contributed by atoms with Gasteiger partial charge in [0.2, 0.25) is 5.91 Å². The number of carboxylic acids is 1. The number of carbonyl (C=O) groups is 2. The highest BCUT2D eigenvalue weighted by molar-refractivity contribution is 6.01. The molecule has 0 bridgehead atoms. The fourth-order valence-electron chi connectivity index (χ4n) is 3.33. The summed E-state index contributed by atoms with van der Waals surface area (Å²) in [5.74, 6) is -1.43. The molecule has 2 heterocycles. The third kappa shape index (κ3) is 2.31. The van der Waals surface area contributed by atoms with Crippen molar-refractivity contribution in [1.29, 1.82) is 0 Å². The van der Waals surface area contributed by atoms with Crippen molar-refractivity contribution in [3.63, 3.8) is 0 Å². The van der Waals surface area contributed by atoms with Crippen LogP contribution >= 0.6 is 0 Å². The van der Waals surface area contributed by atoms with E-state index in [2.05, 4.69) is 5.32 Å². The van der Waals surface area contributed by atoms with E-state index in [9.17, 15) is 14.7 Å². The zero-order valence-electron chi connectivity index (χ0n) is 12.1. The molecule has 0 radical (unpaired) electrons. The Hall–Kier alpha value is -1.88. The topological polar surface area (TPSA) is 69.6 Å². The summed E-state index contributed by atoms with van der Waals surface area (Å²) in [5, 5.41) is 12.7. The Bertz CT molecular complexity index is 579. The minimum atomic E-state index is -0.867. The number of rotatable bonds is 2. The van der Waals surface area contributed by atoms with E-state index in [-0.39, 0.29) is 12.5 Å². The number of para-hydroxylation sites is 1. The van der Waals surface area contributed by atoms with Gasteiger partial charge in [0.1, 0.15) is 5.92 Å². The molecule has 2 aliphatic rings. The Morgan fingerprint density at radius 3 is 2.62 bits per heavy atom. The number of carbonyl (C=O) groups excluding carboxylic acids is 1. The molecule has 0 saturated carbocycles. The van der Waals surface area contributed by atoms with Gasteiger partial charge in [-0.25, -0.2) is 0 Å². The van der Waals surface area contributed by atoms with Gasteiger partial charge in [-0.05, 0) is 37.6 Å². The first-order valence-corrected chi connectivity index (χ1v) is 7.37. The van der Waals surface area contributed by atoms with Crippen molar-refractivity contribution in [2.24, 2.45) is 5.41 Å². The van der Waals surface area contributed by atoms with Gasteiger partial charge >= 0.3 is 5.97 Å². The van der Waals surface area contributed by atoms with Crippen LogP contribution < -0.4 is 10.2 Å². The normalized spacial score (nSPS) is 23.7. The molecule has 0 aliphatic carbocycles. The van der Waals surface area contributed by atoms with Gasteiger partial charge in [-0.2, -0.15) is 0 Å². The molecular weight excluding hydrogens is 268 g/mol. The van der Waals surface area contributed by atoms with Crippen LogP contribution in [0.5, 0.6) is 0 Å². The number of nitrogens with one attached hydrogen (secondary N) is 1. The summed E-state index contributed by atoms with van der Waals surface area (Å²) in [6.07, 6.45) is 1.59. The Kier molecular flexibility index (Phi) is 3.45. The van der Waals surface area contributed by atoms with Gasteiger partial charge < -0.3 is 15.3 Å². The lowest BCUT2D eigenvalue weighted by atomic mass is 9.79. The molecule has 0 aromatic heterocycles. The van der Waals surface area contributed by atoms with Crippen LogP contribution in [0.2, 0.25) is 0 Å². The number of piperidine rings is 1. The molecule has 21 heavy (non-hydrogen) atoms. The number of hydrogen-bond donors (Lipinski definition) is 2. The summed E-state index contributed by atoms with van der Waals surface area (Å²) >= 11 is 0. The molecule has 2 N–H and O–H groups in total. The second-order valence-corrected chi connectivity index (χ2v) is 6.18. The first-order valence-electron chi connectivity index (χ1n) is 7.37. The van der Waals surface area contributed by atoms with Crippen molar-refractivity contribution in [2.75, 3.05) is 24.5 Å². The SMILES string of the molecule is CC1(C(=O)N2CC(C(=O)O)c3ccccc32)CCNCC1. The van der Waals surface area contributed by atoms with Crippen molar-refractivity contribution in [3.05, 3.63) is 29.8 Å². The minimum Gasteiger partial charge on any atom is -0.481 e. The van der Waals surface area contributed by atoms with Gasteiger partial charge in [-0.3, -0.25) is 9.59 Å². The van der Waals surface area contributed by atoms with Crippen LogP contribution in [0.1, 0.15) is 31.2 Å². The van der Waals surface area contributed by atoms with Crippen molar-refractivity contribution >= 4 is 17.6 Å². The number of amides is 1. The van der Waals surface area contributed by atoms with E-state index in [1.54, 1.807) is 4.90 Å². The second-order valence-electron chi connectivity index (χ2n) is 6.18. The Labute approximate surface area is 123 Å². The van der Waals surface area contributed by atoms with Gasteiger partial charge in [-0.15, -0.1) is 0 Å². The standard InChI is InChI=1S/C16H20N2O3/c1-16(6-8-17-9-7-16)15(21)18-10-12(14(19)20)11-4-2-3-5-13(11)18/h2-5,12,17H,6-10H2,1H3,(H,19,20). The average Bonchev–Trinajstić information content (AvgIpc) is 2.87. The number of benzene rings is 1. The van der Waals surface area contributed by atoms with E-state index in [0.717, 1.165) is 37.2 Å². The van der Waals surface area contributed by atoms with Crippen LogP contribution in [0.25, 0.3) is 0 Å². The zero-order valence-corrected chi connectivity index (χ0v) is 12.1. The minimum absolute atomic E-state index is 0.0557. The van der Waals surface area contributed by atoms with E-state index in [4.69, 9.17) is 0 Å². The third-order valence-electron chi connectivity index (χ3n) is 4.73. The largest absolute Gasteiger partial charge is 0.481 e. The number of fused-ring (bicyclic) bond motifs is 1. The van der Waals surface area contributed by atoms with Gasteiger partial charge in [0.05, 0.1) is 0 Å². The maximum atomic E-state index is 13.0. The number of carboxylic acid groups (broad SMARTS) is 1. The quantitative estimate of drug-likeness (QED) is 0.867. The van der Waals surface area contributed by atoms with E-state index in [0.29, 0.717) is 0 Å². The van der Waals surface area contributed by atoms with Gasteiger partial charge in [0.15, 0.2) is 0 Å². The molecular formula is C16H20N2O3. The summed E-state index contributed by atoms with van der Waals surface area (Å²) in [5.41, 5.74) is 1.11. The molecule has 1 amide bonds. The second kappa shape index (κ2) is 5.15. The third-order valence-corrected chi connectivity index (χ3v) is 4.73. The average molecular weight is 288 g/mol. The van der Waals surface area contributed by atoms with Crippen LogP contribution in [0, 0.1) is 5.41 Å². The van der Waals surface area contributed by atoms with E-state index in [1.807, 2.05) is 31.2 Å². The van der Waals surface area contributed by atoms with Crippen molar-refractivity contribution in [1.82, 2.24) is 5.32 Å². The zero-order chi connectivity index (χ0) is 15.0. The Morgan fingerprint density at radius 1 is 1.29 bits per heavy atom. The molecule has 0 spiro atoms. The highest BCUT2D eigenvalue weighted by atomic mass is 16.4. The lowest BCUT2D eigenvalue weighted by Crippen LogP contribution is -2.47. The summed E-state index contributed by atoms with van der Waals surface area (Å²) < 4.78 is 0. The van der Waals surface area contributed by atoms with E-state index < -0.39 is 17.3 Å². The predicted octanol–water partition coefficient (Wildman–Crippen LogP) is 1.59. The highest BCUT2D eigenvalue weighted by Gasteiger charge is 2.43. The molecule has 1 atom stereocenters. The Balaban J connectivity index is 1.93. The summed E-state index contributed by atoms with van der Waals surface area (Å²) in [4.78, 5) is 26.1. The number of aliphatic carboxylic acids is 1. The van der Waals surface area contributed by atoms with Gasteiger partial charge in [0, 0.05) is 17.6 Å². The molecule has 1 fully saturated rings. The molecule has 1 saturated heterocycles. The maximum absolute atomic E-state index is 13.0. The molecule has 112 valence electrons. The maximum Gasteiger partial charge on any atom is 0.312 e. The molecule has 2 aliphatic heterocycles. The highest BCUT2D eigenvalue weighted by Crippen LogP contribution is 2.40. The number of anilines is 1. The number of nitrogens with zero attached hydrogens (tertiary/aromatic N) is 1. The smallest absolute Gasteiger partial charge is 0.312 e. The van der Waals surface area contributed by atoms with E-state index in [1.165, 1.54) is 0 Å². The molecule has 5 nitrogen and oxygen atoms in total. The molecule has 1 aromatic rings. The summed E-state index contributed by atoms with van der Waals surface area (Å²) in [7, 11) is 0. The van der Waals surface area contributed by atoms with Crippen molar-refractivity contribution in [2.45, 2.75) is 25.7 Å². The fraction of sp³-hybridized carbons (Fsp3) is 0.500. The van der Waals surface area contributed by atoms with Crippen LogP contribution in [0.3, 0.4) is 0 Å². The predicted molar refractivity (Wildman–Crippen MR) is 79.4 cm³/mol. The lowest BCUT2D eigenvalue weighted by Gasteiger charge is -2.36. The molecule has 5 heteroatoms. The molecule has 1 aromatic carbocycles. The van der Waals surface area contributed by atoms with Crippen LogP contribution in [0.4, 0.5) is 5.69 Å². The fourth-order valence-corrected chi connectivity index (χ4v) is 3.33. The first-order chi connectivity index (χ1) is 10.0. The lowest BCUT2D eigenvalue weighted by molar-refractivity contribution is -0.138. The number of hydrogen-bond acceptors (Lipinski definition) is 3. The van der Waals surface area contributed by atoms with Crippen molar-refractivity contribution in [3.8, 4) is 0 Å². The van der Waals surface area contributed by atoms with Crippen LogP contribution in [-0.4, -0.2) is 36.6 Å². The van der Waals surface area contributed by atoms with Crippen LogP contribution in [0.15, 0.2) is 24.3 Å². The first kappa shape index (κ1) is 14.1. The summed E-state index contributed by atoms with van der Waals surface area (Å²) in [6.45, 7) is 3.91. The van der Waals surface area contributed by atoms with Gasteiger partial charge in [-0.1, -0.05) is 25.1 Å².